The summed E-state index contributed by atoms with van der Waals surface area (Å²) in [6.45, 7) is 2.49. The number of carbonyl (C=O) groups is 2. The molecule has 1 heterocycles. The summed E-state index contributed by atoms with van der Waals surface area (Å²) < 4.78 is 2.02. The molecule has 2 N–H and O–H groups in total. The molecular formula is C19H16ClN2O2. The number of aromatic nitrogens is 1. The van der Waals surface area contributed by atoms with Crippen LogP contribution in [-0.2, 0) is 17.8 Å². The van der Waals surface area contributed by atoms with Crippen molar-refractivity contribution >= 4 is 34.2 Å². The SMILES string of the molecule is CCc1c(C(=O)C(N)=O)c2[c]cccc2n1Cc1cccc(Cl)c1. The van der Waals surface area contributed by atoms with Crippen LogP contribution in [0.2, 0.25) is 5.02 Å². The lowest BCUT2D eigenvalue weighted by Crippen LogP contribution is -2.24. The molecule has 2 aromatic carbocycles. The minimum absolute atomic E-state index is 0.350. The second-order valence-electron chi connectivity index (χ2n) is 5.52. The quantitative estimate of drug-likeness (QED) is 0.572. The van der Waals surface area contributed by atoms with E-state index < -0.39 is 11.7 Å². The summed E-state index contributed by atoms with van der Waals surface area (Å²) in [5.41, 5.74) is 8.22. The number of hydrogen-bond acceptors (Lipinski definition) is 2. The summed E-state index contributed by atoms with van der Waals surface area (Å²) >= 11 is 6.07. The van der Waals surface area contributed by atoms with E-state index in [4.69, 9.17) is 17.3 Å². The fourth-order valence-corrected chi connectivity index (χ4v) is 3.22. The van der Waals surface area contributed by atoms with E-state index in [1.165, 1.54) is 0 Å². The van der Waals surface area contributed by atoms with Crippen molar-refractivity contribution in [3.05, 3.63) is 70.4 Å². The van der Waals surface area contributed by atoms with Crippen LogP contribution in [0, 0.1) is 6.07 Å². The van der Waals surface area contributed by atoms with Gasteiger partial charge in [-0.2, -0.15) is 0 Å². The van der Waals surface area contributed by atoms with E-state index in [0.717, 1.165) is 16.8 Å². The maximum Gasteiger partial charge on any atom is 0.289 e. The number of hydrogen-bond donors (Lipinski definition) is 1. The summed E-state index contributed by atoms with van der Waals surface area (Å²) in [5, 5.41) is 1.28. The molecule has 1 amide bonds. The third-order valence-electron chi connectivity index (χ3n) is 4.00. The molecule has 3 aromatic rings. The average molecular weight is 340 g/mol. The molecule has 1 radical (unpaired) electrons. The number of carbonyl (C=O) groups excluding carboxylic acids is 2. The van der Waals surface area contributed by atoms with Gasteiger partial charge >= 0.3 is 0 Å². The Morgan fingerprint density at radius 2 is 2.04 bits per heavy atom. The molecule has 0 aliphatic rings. The van der Waals surface area contributed by atoms with Gasteiger partial charge in [0.05, 0.1) is 5.56 Å². The van der Waals surface area contributed by atoms with E-state index in [1.54, 1.807) is 6.07 Å². The molecule has 5 heteroatoms. The Hall–Kier alpha value is -2.59. The van der Waals surface area contributed by atoms with Gasteiger partial charge in [-0.25, -0.2) is 0 Å². The van der Waals surface area contributed by atoms with Gasteiger partial charge < -0.3 is 10.3 Å². The molecule has 0 saturated heterocycles. The third kappa shape index (κ3) is 2.81. The van der Waals surface area contributed by atoms with E-state index in [0.29, 0.717) is 28.9 Å². The minimum atomic E-state index is -0.955. The lowest BCUT2D eigenvalue weighted by Gasteiger charge is -2.11. The molecule has 0 bridgehead atoms. The van der Waals surface area contributed by atoms with Crippen LogP contribution in [0.1, 0.15) is 28.5 Å². The Morgan fingerprint density at radius 1 is 1.25 bits per heavy atom. The van der Waals surface area contributed by atoms with Crippen LogP contribution in [0.3, 0.4) is 0 Å². The molecule has 1 aromatic heterocycles. The zero-order valence-corrected chi connectivity index (χ0v) is 13.9. The molecule has 0 fully saturated rings. The fraction of sp³-hybridized carbons (Fsp3) is 0.158. The molecule has 0 aliphatic carbocycles. The van der Waals surface area contributed by atoms with Crippen molar-refractivity contribution in [1.82, 2.24) is 4.57 Å². The number of ketones is 1. The monoisotopic (exact) mass is 339 g/mol. The summed E-state index contributed by atoms with van der Waals surface area (Å²) in [4.78, 5) is 23.8. The van der Waals surface area contributed by atoms with Gasteiger partial charge in [-0.1, -0.05) is 42.8 Å². The number of rotatable bonds is 5. The first-order chi connectivity index (χ1) is 11.5. The van der Waals surface area contributed by atoms with Crippen molar-refractivity contribution in [2.75, 3.05) is 0 Å². The maximum atomic E-state index is 12.3. The van der Waals surface area contributed by atoms with Crippen molar-refractivity contribution in [3.8, 4) is 0 Å². The number of nitrogens with zero attached hydrogens (tertiary/aromatic N) is 1. The number of primary amides is 1. The average Bonchev–Trinajstić information content (AvgIpc) is 2.88. The molecule has 0 unspecified atom stereocenters. The second kappa shape index (κ2) is 6.49. The van der Waals surface area contributed by atoms with E-state index in [1.807, 2.05) is 47.9 Å². The summed E-state index contributed by atoms with van der Waals surface area (Å²) in [6, 6.07) is 16.1. The van der Waals surface area contributed by atoms with Crippen molar-refractivity contribution in [2.45, 2.75) is 19.9 Å². The predicted molar refractivity (Wildman–Crippen MR) is 94.2 cm³/mol. The van der Waals surface area contributed by atoms with Gasteiger partial charge in [0, 0.05) is 28.2 Å². The first kappa shape index (κ1) is 16.3. The highest BCUT2D eigenvalue weighted by Gasteiger charge is 2.24. The number of Topliss-reactive ketones (excluding diaryl/α,β-unsaturated/α-hetero) is 1. The minimum Gasteiger partial charge on any atom is -0.363 e. The van der Waals surface area contributed by atoms with Gasteiger partial charge in [0.1, 0.15) is 0 Å². The van der Waals surface area contributed by atoms with Crippen molar-refractivity contribution in [2.24, 2.45) is 5.73 Å². The third-order valence-corrected chi connectivity index (χ3v) is 4.24. The lowest BCUT2D eigenvalue weighted by molar-refractivity contribution is -0.114. The molecule has 0 atom stereocenters. The zero-order valence-electron chi connectivity index (χ0n) is 13.2. The van der Waals surface area contributed by atoms with E-state index in [-0.39, 0.29) is 0 Å². The molecular weight excluding hydrogens is 324 g/mol. The molecule has 0 saturated carbocycles. The highest BCUT2D eigenvalue weighted by Crippen LogP contribution is 2.28. The maximum absolute atomic E-state index is 12.3. The van der Waals surface area contributed by atoms with Crippen LogP contribution in [0.4, 0.5) is 0 Å². The standard InChI is InChI=1S/C19H16ClN2O2/c1-2-15-17(18(23)19(21)24)14-8-3-4-9-16(14)22(15)11-12-6-5-7-13(20)10-12/h3-7,9-10H,2,11H2,1H3,(H2,21,24). The van der Waals surface area contributed by atoms with Crippen LogP contribution in [0.15, 0.2) is 42.5 Å². The van der Waals surface area contributed by atoms with Gasteiger partial charge in [-0.15, -0.1) is 0 Å². The Labute approximate surface area is 144 Å². The number of benzene rings is 2. The Bertz CT molecular complexity index is 944. The number of halogens is 1. The van der Waals surface area contributed by atoms with Crippen molar-refractivity contribution in [1.29, 1.82) is 0 Å². The largest absolute Gasteiger partial charge is 0.363 e. The fourth-order valence-electron chi connectivity index (χ4n) is 3.01. The van der Waals surface area contributed by atoms with Crippen LogP contribution in [0.5, 0.6) is 0 Å². The van der Waals surface area contributed by atoms with Crippen molar-refractivity contribution in [3.63, 3.8) is 0 Å². The predicted octanol–water partition coefficient (Wildman–Crippen LogP) is 3.37. The van der Waals surface area contributed by atoms with E-state index in [2.05, 4.69) is 6.07 Å². The van der Waals surface area contributed by atoms with Crippen molar-refractivity contribution < 1.29 is 9.59 Å². The molecule has 3 rings (SSSR count). The normalized spacial score (nSPS) is 10.9. The molecule has 0 spiro atoms. The second-order valence-corrected chi connectivity index (χ2v) is 5.95. The first-order valence-electron chi connectivity index (χ1n) is 7.63. The zero-order chi connectivity index (χ0) is 17.3. The van der Waals surface area contributed by atoms with Crippen LogP contribution >= 0.6 is 11.6 Å². The number of fused-ring (bicyclic) bond motifs is 1. The molecule has 4 nitrogen and oxygen atoms in total. The summed E-state index contributed by atoms with van der Waals surface area (Å²) in [6.07, 6.45) is 0.595. The molecule has 0 aliphatic heterocycles. The first-order valence-corrected chi connectivity index (χ1v) is 8.01. The summed E-state index contributed by atoms with van der Waals surface area (Å²) in [7, 11) is 0. The number of nitrogens with two attached hydrogens (primary N) is 1. The molecule has 24 heavy (non-hydrogen) atoms. The van der Waals surface area contributed by atoms with Crippen LogP contribution in [-0.4, -0.2) is 16.3 Å². The Kier molecular flexibility index (Phi) is 4.40. The Morgan fingerprint density at radius 3 is 2.71 bits per heavy atom. The topological polar surface area (TPSA) is 65.1 Å². The molecule has 121 valence electrons. The van der Waals surface area contributed by atoms with Crippen LogP contribution in [0.25, 0.3) is 10.9 Å². The number of amides is 1. The van der Waals surface area contributed by atoms with Gasteiger partial charge in [-0.05, 0) is 36.2 Å². The highest BCUT2D eigenvalue weighted by molar-refractivity contribution is 6.44. The highest BCUT2D eigenvalue weighted by atomic mass is 35.5. The van der Waals surface area contributed by atoms with Gasteiger partial charge in [0.2, 0.25) is 0 Å². The van der Waals surface area contributed by atoms with E-state index >= 15 is 0 Å². The van der Waals surface area contributed by atoms with Gasteiger partial charge in [0.15, 0.2) is 0 Å². The van der Waals surface area contributed by atoms with Crippen LogP contribution < -0.4 is 5.73 Å². The summed E-state index contributed by atoms with van der Waals surface area (Å²) in [5.74, 6) is -1.63. The Balaban J connectivity index is 2.23. The van der Waals surface area contributed by atoms with E-state index in [9.17, 15) is 9.59 Å². The smallest absolute Gasteiger partial charge is 0.289 e. The lowest BCUT2D eigenvalue weighted by atomic mass is 10.0. The van der Waals surface area contributed by atoms with Gasteiger partial charge in [0.25, 0.3) is 11.7 Å². The van der Waals surface area contributed by atoms with Gasteiger partial charge in [-0.3, -0.25) is 9.59 Å².